The largest absolute Gasteiger partial charge is 0.441 e. The lowest BCUT2D eigenvalue weighted by molar-refractivity contribution is -0.0329. The second-order valence-corrected chi connectivity index (χ2v) is 6.26. The summed E-state index contributed by atoms with van der Waals surface area (Å²) < 4.78 is 36.5. The van der Waals surface area contributed by atoms with Gasteiger partial charge in [-0.1, -0.05) is 18.2 Å². The molecule has 4 nitrogen and oxygen atoms in total. The van der Waals surface area contributed by atoms with E-state index in [4.69, 9.17) is 11.5 Å². The lowest BCUT2D eigenvalue weighted by Crippen LogP contribution is -2.38. The Bertz CT molecular complexity index is 520. The molecule has 0 saturated carbocycles. The van der Waals surface area contributed by atoms with E-state index < -0.39 is 5.51 Å². The molecule has 0 amide bonds. The van der Waals surface area contributed by atoms with Crippen LogP contribution in [0.4, 0.5) is 13.2 Å². The molecule has 130 valence electrons. The summed E-state index contributed by atoms with van der Waals surface area (Å²) in [6.45, 7) is 2.67. The van der Waals surface area contributed by atoms with Crippen LogP contribution in [-0.4, -0.2) is 29.9 Å². The number of rotatable bonds is 8. The van der Waals surface area contributed by atoms with Crippen molar-refractivity contribution in [2.45, 2.75) is 25.0 Å². The van der Waals surface area contributed by atoms with Crippen molar-refractivity contribution < 1.29 is 13.2 Å². The van der Waals surface area contributed by atoms with E-state index in [9.17, 15) is 13.2 Å². The van der Waals surface area contributed by atoms with Gasteiger partial charge in [0, 0.05) is 25.9 Å². The van der Waals surface area contributed by atoms with E-state index >= 15 is 0 Å². The Balaban J connectivity index is 2.71. The van der Waals surface area contributed by atoms with Crippen LogP contribution in [0.15, 0.2) is 30.5 Å². The fraction of sp³-hybridized carbons (Fsp3) is 0.467. The molecule has 0 radical (unpaired) electrons. The van der Waals surface area contributed by atoms with Crippen LogP contribution in [0.2, 0.25) is 0 Å². The van der Waals surface area contributed by atoms with Gasteiger partial charge in [-0.05, 0) is 47.7 Å². The van der Waals surface area contributed by atoms with Gasteiger partial charge < -0.3 is 11.5 Å². The molecular weight excluding hydrogens is 325 g/mol. The van der Waals surface area contributed by atoms with Crippen molar-refractivity contribution >= 4 is 11.8 Å². The minimum absolute atomic E-state index is 0.0320. The summed E-state index contributed by atoms with van der Waals surface area (Å²) in [4.78, 5) is 0. The summed E-state index contributed by atoms with van der Waals surface area (Å²) in [5.41, 5.74) is 13.1. The van der Waals surface area contributed by atoms with E-state index in [1.165, 1.54) is 6.20 Å². The molecule has 0 aliphatic carbocycles. The summed E-state index contributed by atoms with van der Waals surface area (Å²) in [6.07, 6.45) is 3.18. The number of alkyl halides is 3. The number of nitrogens with zero attached hydrogens (tertiary/aromatic N) is 1. The number of hydrogen-bond acceptors (Lipinski definition) is 5. The molecule has 0 spiro atoms. The van der Waals surface area contributed by atoms with Crippen molar-refractivity contribution in [3.05, 3.63) is 47.2 Å². The van der Waals surface area contributed by atoms with Crippen molar-refractivity contribution in [1.82, 2.24) is 10.4 Å². The van der Waals surface area contributed by atoms with Gasteiger partial charge in [0.2, 0.25) is 0 Å². The molecule has 1 rings (SSSR count). The zero-order chi connectivity index (χ0) is 17.5. The smallest absolute Gasteiger partial charge is 0.405 e. The zero-order valence-corrected chi connectivity index (χ0v) is 14.0. The minimum atomic E-state index is -4.20. The van der Waals surface area contributed by atoms with E-state index in [1.54, 1.807) is 18.1 Å². The number of aryl methyl sites for hydroxylation is 1. The molecule has 0 saturated heterocycles. The van der Waals surface area contributed by atoms with Gasteiger partial charge in [-0.3, -0.25) is 0 Å². The zero-order valence-electron chi connectivity index (χ0n) is 13.2. The van der Waals surface area contributed by atoms with E-state index in [1.807, 2.05) is 25.1 Å². The SMILES string of the molecule is Cc1cc(CN)ccc1C(C=CN)NN(C)CCSC(F)(F)F. The first-order chi connectivity index (χ1) is 10.8. The first-order valence-electron chi connectivity index (χ1n) is 7.12. The third-order valence-corrected chi connectivity index (χ3v) is 3.97. The second-order valence-electron chi connectivity index (χ2n) is 5.10. The van der Waals surface area contributed by atoms with Crippen molar-refractivity contribution in [3.63, 3.8) is 0 Å². The van der Waals surface area contributed by atoms with Crippen LogP contribution in [0, 0.1) is 6.92 Å². The third kappa shape index (κ3) is 7.26. The Kier molecular flexibility index (Phi) is 7.90. The summed E-state index contributed by atoms with van der Waals surface area (Å²) >= 11 is -0.0320. The molecule has 1 atom stereocenters. The molecule has 8 heteroatoms. The maximum atomic E-state index is 12.2. The summed E-state index contributed by atoms with van der Waals surface area (Å²) in [5.74, 6) is -0.0445. The van der Waals surface area contributed by atoms with Gasteiger partial charge in [-0.2, -0.15) is 13.2 Å². The molecule has 0 aromatic heterocycles. The van der Waals surface area contributed by atoms with Crippen molar-refractivity contribution in [3.8, 4) is 0 Å². The molecule has 0 aliphatic heterocycles. The van der Waals surface area contributed by atoms with Crippen molar-refractivity contribution in [1.29, 1.82) is 0 Å². The maximum absolute atomic E-state index is 12.2. The maximum Gasteiger partial charge on any atom is 0.441 e. The predicted octanol–water partition coefficient (Wildman–Crippen LogP) is 2.66. The predicted molar refractivity (Wildman–Crippen MR) is 89.4 cm³/mol. The quantitative estimate of drug-likeness (QED) is 0.630. The molecule has 1 aromatic rings. The Morgan fingerprint density at radius 1 is 1.39 bits per heavy atom. The minimum Gasteiger partial charge on any atom is -0.405 e. The van der Waals surface area contributed by atoms with Crippen LogP contribution in [0.1, 0.15) is 22.7 Å². The molecule has 0 heterocycles. The number of nitrogens with two attached hydrogens (primary N) is 2. The Morgan fingerprint density at radius 3 is 2.61 bits per heavy atom. The Morgan fingerprint density at radius 2 is 2.09 bits per heavy atom. The van der Waals surface area contributed by atoms with Gasteiger partial charge in [0.1, 0.15) is 0 Å². The first kappa shape index (κ1) is 19.8. The third-order valence-electron chi connectivity index (χ3n) is 3.26. The lowest BCUT2D eigenvalue weighted by Gasteiger charge is -2.25. The van der Waals surface area contributed by atoms with Gasteiger partial charge in [0.25, 0.3) is 0 Å². The molecule has 1 aromatic carbocycles. The van der Waals surface area contributed by atoms with Gasteiger partial charge >= 0.3 is 5.51 Å². The lowest BCUT2D eigenvalue weighted by atomic mass is 9.99. The number of nitrogens with one attached hydrogen (secondary N) is 1. The average molecular weight is 348 g/mol. The van der Waals surface area contributed by atoms with Gasteiger partial charge in [0.15, 0.2) is 0 Å². The van der Waals surface area contributed by atoms with E-state index in [0.29, 0.717) is 6.54 Å². The van der Waals surface area contributed by atoms with Crippen LogP contribution in [-0.2, 0) is 6.54 Å². The molecule has 0 aliphatic rings. The van der Waals surface area contributed by atoms with Gasteiger partial charge in [0.05, 0.1) is 6.04 Å². The van der Waals surface area contributed by atoms with Crippen LogP contribution in [0.25, 0.3) is 0 Å². The van der Waals surface area contributed by atoms with E-state index in [0.717, 1.165) is 16.7 Å². The molecule has 0 fully saturated rings. The number of hydrazine groups is 1. The summed E-state index contributed by atoms with van der Waals surface area (Å²) in [5, 5.41) is 1.64. The number of benzene rings is 1. The normalized spacial score (nSPS) is 13.9. The van der Waals surface area contributed by atoms with Crippen LogP contribution >= 0.6 is 11.8 Å². The van der Waals surface area contributed by atoms with E-state index in [2.05, 4.69) is 5.43 Å². The van der Waals surface area contributed by atoms with Gasteiger partial charge in [-0.15, -0.1) is 0 Å². The molecule has 5 N–H and O–H groups in total. The average Bonchev–Trinajstić information content (AvgIpc) is 2.45. The molecule has 1 unspecified atom stereocenters. The van der Waals surface area contributed by atoms with E-state index in [-0.39, 0.29) is 30.1 Å². The van der Waals surface area contributed by atoms with Crippen molar-refractivity contribution in [2.75, 3.05) is 19.3 Å². The summed E-state index contributed by atoms with van der Waals surface area (Å²) in [6, 6.07) is 5.66. The number of halogens is 3. The fourth-order valence-corrected chi connectivity index (χ4v) is 2.74. The highest BCUT2D eigenvalue weighted by molar-refractivity contribution is 8.00. The Labute approximate surface area is 139 Å². The van der Waals surface area contributed by atoms with Gasteiger partial charge in [-0.25, -0.2) is 10.4 Å². The molecule has 0 bridgehead atoms. The summed E-state index contributed by atoms with van der Waals surface area (Å²) in [7, 11) is 1.71. The number of thioether (sulfide) groups is 1. The fourth-order valence-electron chi connectivity index (χ4n) is 2.14. The van der Waals surface area contributed by atoms with Crippen LogP contribution in [0.3, 0.4) is 0 Å². The highest BCUT2D eigenvalue weighted by Gasteiger charge is 2.27. The number of hydrogen-bond donors (Lipinski definition) is 3. The molecular formula is C15H23F3N4S. The standard InChI is InChI=1S/C15H23F3N4S/c1-11-9-12(10-20)3-4-13(11)14(5-6-19)21-22(2)7-8-23-15(16,17)18/h3-6,9,14,21H,7-8,10,19-20H2,1-2H3. The highest BCUT2D eigenvalue weighted by atomic mass is 32.2. The second kappa shape index (κ2) is 9.17. The highest BCUT2D eigenvalue weighted by Crippen LogP contribution is 2.29. The molecule has 23 heavy (non-hydrogen) atoms. The van der Waals surface area contributed by atoms with Crippen LogP contribution < -0.4 is 16.9 Å². The first-order valence-corrected chi connectivity index (χ1v) is 8.11. The van der Waals surface area contributed by atoms with Crippen molar-refractivity contribution in [2.24, 2.45) is 11.5 Å². The van der Waals surface area contributed by atoms with Crippen LogP contribution in [0.5, 0.6) is 0 Å². The Hall–Kier alpha value is -1.22. The topological polar surface area (TPSA) is 67.3 Å². The monoisotopic (exact) mass is 348 g/mol.